The third kappa shape index (κ3) is 4.11. The standard InChI is InChI=1S/C13H17FN2O4/c1-7(2)11(12(17)18)16-13(19)15-8-4-5-10(20-3)9(14)6-8/h4-7,11H,1-3H3,(H,17,18)(H2,15,16,19)/t11-/m0/s1. The maximum absolute atomic E-state index is 13.4. The largest absolute Gasteiger partial charge is 0.494 e. The number of amides is 2. The lowest BCUT2D eigenvalue weighted by Gasteiger charge is -2.18. The van der Waals surface area contributed by atoms with Gasteiger partial charge in [0, 0.05) is 11.8 Å². The maximum atomic E-state index is 13.4. The number of urea groups is 1. The molecule has 0 aromatic heterocycles. The van der Waals surface area contributed by atoms with Crippen molar-refractivity contribution in [2.75, 3.05) is 12.4 Å². The van der Waals surface area contributed by atoms with Crippen molar-refractivity contribution in [2.45, 2.75) is 19.9 Å². The van der Waals surface area contributed by atoms with E-state index in [0.29, 0.717) is 0 Å². The van der Waals surface area contributed by atoms with Gasteiger partial charge in [-0.15, -0.1) is 0 Å². The fraction of sp³-hybridized carbons (Fsp3) is 0.385. The summed E-state index contributed by atoms with van der Waals surface area (Å²) in [5.74, 6) is -1.97. The van der Waals surface area contributed by atoms with E-state index in [9.17, 15) is 14.0 Å². The van der Waals surface area contributed by atoms with E-state index in [0.717, 1.165) is 6.07 Å². The first-order valence-electron chi connectivity index (χ1n) is 5.99. The van der Waals surface area contributed by atoms with E-state index < -0.39 is 23.9 Å². The van der Waals surface area contributed by atoms with Gasteiger partial charge in [-0.1, -0.05) is 13.8 Å². The minimum absolute atomic E-state index is 0.0570. The highest BCUT2D eigenvalue weighted by atomic mass is 19.1. The van der Waals surface area contributed by atoms with E-state index >= 15 is 0 Å². The van der Waals surface area contributed by atoms with Crippen LogP contribution < -0.4 is 15.4 Å². The number of carbonyl (C=O) groups excluding carboxylic acids is 1. The second-order valence-electron chi connectivity index (χ2n) is 4.51. The average Bonchev–Trinajstić information content (AvgIpc) is 2.35. The molecule has 0 unspecified atom stereocenters. The highest BCUT2D eigenvalue weighted by molar-refractivity contribution is 5.92. The van der Waals surface area contributed by atoms with Crippen LogP contribution in [0.4, 0.5) is 14.9 Å². The molecule has 0 spiro atoms. The van der Waals surface area contributed by atoms with Crippen molar-refractivity contribution in [3.05, 3.63) is 24.0 Å². The second-order valence-corrected chi connectivity index (χ2v) is 4.51. The van der Waals surface area contributed by atoms with Crippen molar-refractivity contribution in [1.82, 2.24) is 5.32 Å². The Hall–Kier alpha value is -2.31. The minimum Gasteiger partial charge on any atom is -0.494 e. The Morgan fingerprint density at radius 2 is 2.00 bits per heavy atom. The Kier molecular flexibility index (Phi) is 5.31. The van der Waals surface area contributed by atoms with Gasteiger partial charge in [0.25, 0.3) is 0 Å². The van der Waals surface area contributed by atoms with Gasteiger partial charge in [-0.05, 0) is 18.1 Å². The Bertz CT molecular complexity index is 505. The molecule has 1 rings (SSSR count). The van der Waals surface area contributed by atoms with Crippen LogP contribution in [-0.2, 0) is 4.79 Å². The predicted molar refractivity (Wildman–Crippen MR) is 71.4 cm³/mol. The zero-order chi connectivity index (χ0) is 15.3. The Morgan fingerprint density at radius 1 is 1.35 bits per heavy atom. The summed E-state index contributed by atoms with van der Waals surface area (Å²) in [7, 11) is 1.33. The van der Waals surface area contributed by atoms with Crippen LogP contribution in [0.3, 0.4) is 0 Å². The van der Waals surface area contributed by atoms with E-state index in [2.05, 4.69) is 10.6 Å². The third-order valence-electron chi connectivity index (χ3n) is 2.63. The summed E-state index contributed by atoms with van der Waals surface area (Å²) >= 11 is 0. The number of carboxylic acids is 1. The fourth-order valence-electron chi connectivity index (χ4n) is 1.57. The van der Waals surface area contributed by atoms with Crippen LogP contribution in [0.15, 0.2) is 18.2 Å². The average molecular weight is 284 g/mol. The summed E-state index contributed by atoms with van der Waals surface area (Å²) < 4.78 is 18.2. The molecule has 0 radical (unpaired) electrons. The summed E-state index contributed by atoms with van der Waals surface area (Å²) in [6.45, 7) is 3.35. The summed E-state index contributed by atoms with van der Waals surface area (Å²) in [6, 6.07) is 2.17. The second kappa shape index (κ2) is 6.74. The van der Waals surface area contributed by atoms with Gasteiger partial charge in [-0.25, -0.2) is 14.0 Å². The van der Waals surface area contributed by atoms with Gasteiger partial charge in [0.1, 0.15) is 6.04 Å². The lowest BCUT2D eigenvalue weighted by atomic mass is 10.1. The van der Waals surface area contributed by atoms with E-state index in [4.69, 9.17) is 9.84 Å². The number of nitrogens with one attached hydrogen (secondary N) is 2. The van der Waals surface area contributed by atoms with Crippen LogP contribution in [0.5, 0.6) is 5.75 Å². The zero-order valence-corrected chi connectivity index (χ0v) is 11.4. The first-order valence-corrected chi connectivity index (χ1v) is 5.99. The number of rotatable bonds is 5. The number of benzene rings is 1. The number of hydrogen-bond acceptors (Lipinski definition) is 3. The van der Waals surface area contributed by atoms with Gasteiger partial charge in [0.05, 0.1) is 7.11 Å². The van der Waals surface area contributed by atoms with Gasteiger partial charge in [-0.2, -0.15) is 0 Å². The summed E-state index contributed by atoms with van der Waals surface area (Å²) in [5.41, 5.74) is 0.202. The SMILES string of the molecule is COc1ccc(NC(=O)N[C@H](C(=O)O)C(C)C)cc1F. The molecule has 110 valence electrons. The van der Waals surface area contributed by atoms with Gasteiger partial charge in [0.2, 0.25) is 0 Å². The normalized spacial score (nSPS) is 11.8. The van der Waals surface area contributed by atoms with Crippen molar-refractivity contribution >= 4 is 17.7 Å². The number of methoxy groups -OCH3 is 1. The molecule has 1 aromatic rings. The molecule has 0 fully saturated rings. The topological polar surface area (TPSA) is 87.7 Å². The van der Waals surface area contributed by atoms with E-state index in [1.54, 1.807) is 13.8 Å². The summed E-state index contributed by atoms with van der Waals surface area (Å²) in [6.07, 6.45) is 0. The van der Waals surface area contributed by atoms with Crippen molar-refractivity contribution in [3.8, 4) is 5.75 Å². The molecule has 6 nitrogen and oxygen atoms in total. The monoisotopic (exact) mass is 284 g/mol. The molecular formula is C13H17FN2O4. The van der Waals surface area contributed by atoms with Crippen molar-refractivity contribution in [1.29, 1.82) is 0 Å². The first-order chi connectivity index (χ1) is 9.35. The number of aliphatic carboxylic acids is 1. The molecule has 0 bridgehead atoms. The van der Waals surface area contributed by atoms with Crippen molar-refractivity contribution in [3.63, 3.8) is 0 Å². The molecule has 0 aliphatic heterocycles. The molecule has 0 saturated carbocycles. The molecule has 0 aliphatic carbocycles. The van der Waals surface area contributed by atoms with E-state index in [-0.39, 0.29) is 17.4 Å². The number of anilines is 1. The number of halogens is 1. The minimum atomic E-state index is -1.13. The number of ether oxygens (including phenoxy) is 1. The van der Waals surface area contributed by atoms with E-state index in [1.807, 2.05) is 0 Å². The molecule has 3 N–H and O–H groups in total. The molecule has 0 saturated heterocycles. The van der Waals surface area contributed by atoms with Gasteiger partial charge >= 0.3 is 12.0 Å². The third-order valence-corrected chi connectivity index (χ3v) is 2.63. The Morgan fingerprint density at radius 3 is 2.45 bits per heavy atom. The van der Waals surface area contributed by atoms with Crippen molar-refractivity contribution in [2.24, 2.45) is 5.92 Å². The smallest absolute Gasteiger partial charge is 0.326 e. The quantitative estimate of drug-likeness (QED) is 0.772. The molecule has 1 aromatic carbocycles. The van der Waals surface area contributed by atoms with Crippen LogP contribution in [0.1, 0.15) is 13.8 Å². The van der Waals surface area contributed by atoms with E-state index in [1.165, 1.54) is 19.2 Å². The molecule has 2 amide bonds. The Balaban J connectivity index is 2.71. The molecule has 1 atom stereocenters. The zero-order valence-electron chi connectivity index (χ0n) is 11.4. The highest BCUT2D eigenvalue weighted by Gasteiger charge is 2.23. The number of carboxylic acid groups (broad SMARTS) is 1. The Labute approximate surface area is 115 Å². The van der Waals surface area contributed by atoms with Crippen LogP contribution in [0.2, 0.25) is 0 Å². The van der Waals surface area contributed by atoms with Crippen molar-refractivity contribution < 1.29 is 23.8 Å². The summed E-state index contributed by atoms with van der Waals surface area (Å²) in [5, 5.41) is 13.6. The molecular weight excluding hydrogens is 267 g/mol. The molecule has 0 heterocycles. The van der Waals surface area contributed by atoms with Crippen LogP contribution in [0, 0.1) is 11.7 Å². The fourth-order valence-corrected chi connectivity index (χ4v) is 1.57. The molecule has 0 aliphatic rings. The lowest BCUT2D eigenvalue weighted by molar-refractivity contribution is -0.140. The lowest BCUT2D eigenvalue weighted by Crippen LogP contribution is -2.46. The first kappa shape index (κ1) is 15.7. The molecule has 7 heteroatoms. The highest BCUT2D eigenvalue weighted by Crippen LogP contribution is 2.20. The van der Waals surface area contributed by atoms with Crippen LogP contribution in [-0.4, -0.2) is 30.3 Å². The number of hydrogen-bond donors (Lipinski definition) is 3. The molecule has 20 heavy (non-hydrogen) atoms. The van der Waals surface area contributed by atoms with Gasteiger partial charge in [0.15, 0.2) is 11.6 Å². The summed E-state index contributed by atoms with van der Waals surface area (Å²) in [4.78, 5) is 22.6. The predicted octanol–water partition coefficient (Wildman–Crippen LogP) is 2.06. The van der Waals surface area contributed by atoms with Gasteiger partial charge < -0.3 is 20.5 Å². The maximum Gasteiger partial charge on any atom is 0.326 e. The van der Waals surface area contributed by atoms with Crippen LogP contribution in [0.25, 0.3) is 0 Å². The van der Waals surface area contributed by atoms with Gasteiger partial charge in [-0.3, -0.25) is 0 Å². The van der Waals surface area contributed by atoms with Crippen LogP contribution >= 0.6 is 0 Å². The number of carbonyl (C=O) groups is 2.